The Morgan fingerprint density at radius 3 is 2.56 bits per heavy atom. The molecule has 0 aromatic heterocycles. The van der Waals surface area contributed by atoms with Crippen molar-refractivity contribution in [2.45, 2.75) is 51.6 Å². The molecule has 2 aliphatic rings. The van der Waals surface area contributed by atoms with Gasteiger partial charge in [0.15, 0.2) is 0 Å². The Labute approximate surface area is 112 Å². The third kappa shape index (κ3) is 3.25. The fourth-order valence-electron chi connectivity index (χ4n) is 4.12. The van der Waals surface area contributed by atoms with Crippen LogP contribution in [0.2, 0.25) is 0 Å². The van der Waals surface area contributed by atoms with Crippen LogP contribution in [0, 0.1) is 17.8 Å². The molecule has 1 saturated carbocycles. The molecule has 3 heteroatoms. The molecule has 0 aromatic rings. The van der Waals surface area contributed by atoms with Crippen LogP contribution in [-0.2, 0) is 0 Å². The standard InChI is InChI=1S/C15H30N2O/c1-12-8-13(2)10-17(9-12)7-5-14-4-3-6-15(14,18)11-16/h12-14,18H,3-11,16H2,1-2H3. The highest BCUT2D eigenvalue weighted by atomic mass is 16.3. The van der Waals surface area contributed by atoms with Crippen molar-refractivity contribution in [3.05, 3.63) is 0 Å². The van der Waals surface area contributed by atoms with E-state index in [1.807, 2.05) is 0 Å². The molecule has 1 aliphatic carbocycles. The van der Waals surface area contributed by atoms with Crippen LogP contribution in [0.25, 0.3) is 0 Å². The second kappa shape index (κ2) is 5.89. The Morgan fingerprint density at radius 2 is 1.94 bits per heavy atom. The van der Waals surface area contributed by atoms with Gasteiger partial charge in [0.1, 0.15) is 0 Å². The van der Waals surface area contributed by atoms with Crippen molar-refractivity contribution in [3.63, 3.8) is 0 Å². The van der Waals surface area contributed by atoms with E-state index in [1.165, 1.54) is 19.5 Å². The monoisotopic (exact) mass is 254 g/mol. The van der Waals surface area contributed by atoms with E-state index < -0.39 is 5.60 Å². The summed E-state index contributed by atoms with van der Waals surface area (Å²) in [6.45, 7) is 8.76. The topological polar surface area (TPSA) is 49.5 Å². The van der Waals surface area contributed by atoms with Gasteiger partial charge in [0.2, 0.25) is 0 Å². The maximum Gasteiger partial charge on any atom is 0.0797 e. The van der Waals surface area contributed by atoms with Crippen molar-refractivity contribution >= 4 is 0 Å². The minimum atomic E-state index is -0.562. The zero-order valence-electron chi connectivity index (χ0n) is 12.1. The van der Waals surface area contributed by atoms with Crippen LogP contribution >= 0.6 is 0 Å². The highest BCUT2D eigenvalue weighted by Crippen LogP contribution is 2.37. The summed E-state index contributed by atoms with van der Waals surface area (Å²) in [5.74, 6) is 2.08. The number of rotatable bonds is 4. The Kier molecular flexibility index (Phi) is 4.68. The number of aliphatic hydroxyl groups is 1. The predicted molar refractivity (Wildman–Crippen MR) is 75.3 cm³/mol. The average Bonchev–Trinajstić information content (AvgIpc) is 2.68. The van der Waals surface area contributed by atoms with Gasteiger partial charge in [-0.15, -0.1) is 0 Å². The lowest BCUT2D eigenvalue weighted by molar-refractivity contribution is 0.00212. The molecule has 2 fully saturated rings. The minimum absolute atomic E-state index is 0.426. The lowest BCUT2D eigenvalue weighted by Gasteiger charge is -2.37. The third-order valence-electron chi connectivity index (χ3n) is 5.01. The van der Waals surface area contributed by atoms with Gasteiger partial charge in [-0.1, -0.05) is 20.3 Å². The minimum Gasteiger partial charge on any atom is -0.388 e. The van der Waals surface area contributed by atoms with E-state index in [9.17, 15) is 5.11 Å². The van der Waals surface area contributed by atoms with Crippen molar-refractivity contribution in [3.8, 4) is 0 Å². The number of hydrogen-bond acceptors (Lipinski definition) is 3. The van der Waals surface area contributed by atoms with Crippen LogP contribution in [0.15, 0.2) is 0 Å². The number of nitrogens with zero attached hydrogens (tertiary/aromatic N) is 1. The van der Waals surface area contributed by atoms with Crippen LogP contribution in [0.4, 0.5) is 0 Å². The Morgan fingerprint density at radius 1 is 1.28 bits per heavy atom. The first kappa shape index (κ1) is 14.3. The van der Waals surface area contributed by atoms with E-state index in [1.54, 1.807) is 0 Å². The normalized spacial score (nSPS) is 42.3. The van der Waals surface area contributed by atoms with Crippen LogP contribution < -0.4 is 5.73 Å². The van der Waals surface area contributed by atoms with E-state index in [2.05, 4.69) is 18.7 Å². The quantitative estimate of drug-likeness (QED) is 0.805. The average molecular weight is 254 g/mol. The van der Waals surface area contributed by atoms with Crippen molar-refractivity contribution < 1.29 is 5.11 Å². The molecule has 3 nitrogen and oxygen atoms in total. The van der Waals surface area contributed by atoms with Gasteiger partial charge in [-0.25, -0.2) is 0 Å². The Balaban J connectivity index is 1.80. The first-order valence-corrected chi connectivity index (χ1v) is 7.68. The van der Waals surface area contributed by atoms with Gasteiger partial charge < -0.3 is 15.7 Å². The molecule has 3 N–H and O–H groups in total. The molecule has 1 saturated heterocycles. The molecule has 0 bridgehead atoms. The lowest BCUT2D eigenvalue weighted by Crippen LogP contribution is -2.44. The highest BCUT2D eigenvalue weighted by molar-refractivity contribution is 4.93. The van der Waals surface area contributed by atoms with Crippen molar-refractivity contribution in [2.75, 3.05) is 26.2 Å². The van der Waals surface area contributed by atoms with Crippen molar-refractivity contribution in [1.82, 2.24) is 4.90 Å². The second-order valence-electron chi connectivity index (χ2n) is 6.89. The first-order valence-electron chi connectivity index (χ1n) is 7.68. The zero-order valence-corrected chi connectivity index (χ0v) is 12.1. The van der Waals surface area contributed by atoms with Crippen molar-refractivity contribution in [1.29, 1.82) is 0 Å². The molecule has 0 amide bonds. The van der Waals surface area contributed by atoms with Gasteiger partial charge in [0.05, 0.1) is 5.60 Å². The van der Waals surface area contributed by atoms with Crippen molar-refractivity contribution in [2.24, 2.45) is 23.5 Å². The largest absolute Gasteiger partial charge is 0.388 e. The SMILES string of the molecule is CC1CC(C)CN(CCC2CCCC2(O)CN)C1. The number of hydrogen-bond donors (Lipinski definition) is 2. The summed E-state index contributed by atoms with van der Waals surface area (Å²) in [6.07, 6.45) is 5.69. The molecule has 4 unspecified atom stereocenters. The molecule has 0 spiro atoms. The van der Waals surface area contributed by atoms with Gasteiger partial charge >= 0.3 is 0 Å². The van der Waals surface area contributed by atoms with Crippen LogP contribution in [-0.4, -0.2) is 41.8 Å². The van der Waals surface area contributed by atoms with Gasteiger partial charge in [-0.05, 0) is 50.0 Å². The van der Waals surface area contributed by atoms with E-state index in [0.717, 1.165) is 44.1 Å². The summed E-state index contributed by atoms with van der Waals surface area (Å²) in [5.41, 5.74) is 5.19. The maximum atomic E-state index is 10.4. The molecule has 1 heterocycles. The lowest BCUT2D eigenvalue weighted by atomic mass is 9.87. The number of likely N-dealkylation sites (tertiary alicyclic amines) is 1. The van der Waals surface area contributed by atoms with E-state index in [0.29, 0.717) is 12.5 Å². The summed E-state index contributed by atoms with van der Waals surface area (Å²) in [7, 11) is 0. The Bertz CT molecular complexity index is 261. The second-order valence-corrected chi connectivity index (χ2v) is 6.89. The maximum absolute atomic E-state index is 10.4. The molecule has 0 aromatic carbocycles. The van der Waals surface area contributed by atoms with Gasteiger partial charge in [-0.2, -0.15) is 0 Å². The molecular formula is C15H30N2O. The third-order valence-corrected chi connectivity index (χ3v) is 5.01. The fourth-order valence-corrected chi connectivity index (χ4v) is 4.12. The summed E-state index contributed by atoms with van der Waals surface area (Å²) >= 11 is 0. The van der Waals surface area contributed by atoms with Crippen LogP contribution in [0.5, 0.6) is 0 Å². The Hall–Kier alpha value is -0.120. The number of piperidine rings is 1. The molecule has 1 aliphatic heterocycles. The summed E-state index contributed by atoms with van der Waals surface area (Å²) in [4.78, 5) is 2.59. The van der Waals surface area contributed by atoms with Crippen LogP contribution in [0.1, 0.15) is 46.0 Å². The smallest absolute Gasteiger partial charge is 0.0797 e. The van der Waals surface area contributed by atoms with E-state index in [-0.39, 0.29) is 0 Å². The van der Waals surface area contributed by atoms with E-state index in [4.69, 9.17) is 5.73 Å². The van der Waals surface area contributed by atoms with Crippen LogP contribution in [0.3, 0.4) is 0 Å². The summed E-state index contributed by atoms with van der Waals surface area (Å²) in [6, 6.07) is 0. The summed E-state index contributed by atoms with van der Waals surface area (Å²) in [5, 5.41) is 10.4. The molecule has 106 valence electrons. The van der Waals surface area contributed by atoms with Gasteiger partial charge in [0, 0.05) is 19.6 Å². The van der Waals surface area contributed by atoms with E-state index >= 15 is 0 Å². The van der Waals surface area contributed by atoms with Gasteiger partial charge in [0.25, 0.3) is 0 Å². The predicted octanol–water partition coefficient (Wildman–Crippen LogP) is 1.84. The molecular weight excluding hydrogens is 224 g/mol. The first-order chi connectivity index (χ1) is 8.53. The van der Waals surface area contributed by atoms with Gasteiger partial charge in [-0.3, -0.25) is 0 Å². The fraction of sp³-hybridized carbons (Fsp3) is 1.00. The molecule has 4 atom stereocenters. The summed E-state index contributed by atoms with van der Waals surface area (Å²) < 4.78 is 0. The highest BCUT2D eigenvalue weighted by Gasteiger charge is 2.39. The molecule has 18 heavy (non-hydrogen) atoms. The number of nitrogens with two attached hydrogens (primary N) is 1. The zero-order chi connectivity index (χ0) is 13.2. The molecule has 0 radical (unpaired) electrons. The molecule has 2 rings (SSSR count).